The third kappa shape index (κ3) is 3.93. The Morgan fingerprint density at radius 1 is 1.71 bits per heavy atom. The fourth-order valence-electron chi connectivity index (χ4n) is 0.851. The normalized spacial score (nSPS) is 12.1. The van der Waals surface area contributed by atoms with Gasteiger partial charge < -0.3 is 15.6 Å². The smallest absolute Gasteiger partial charge is 0.189 e. The molecular weight excluding hydrogens is 180 g/mol. The molecule has 0 radical (unpaired) electrons. The molecule has 0 bridgehead atoms. The number of rotatable bonds is 4. The van der Waals surface area contributed by atoms with Gasteiger partial charge in [0.2, 0.25) is 0 Å². The molecule has 0 aliphatic carbocycles. The molecule has 0 unspecified atom stereocenters. The summed E-state index contributed by atoms with van der Waals surface area (Å²) in [5.74, 6) is 1.70. The van der Waals surface area contributed by atoms with Crippen LogP contribution in [0.4, 0.5) is 0 Å². The molecule has 1 aromatic heterocycles. The molecule has 14 heavy (non-hydrogen) atoms. The molecule has 0 amide bonds. The van der Waals surface area contributed by atoms with E-state index in [4.69, 9.17) is 10.3 Å². The van der Waals surface area contributed by atoms with Gasteiger partial charge in [0.1, 0.15) is 6.54 Å². The zero-order chi connectivity index (χ0) is 10.4. The van der Waals surface area contributed by atoms with E-state index in [0.29, 0.717) is 24.2 Å². The van der Waals surface area contributed by atoms with E-state index >= 15 is 0 Å². The second-order valence-corrected chi connectivity index (χ2v) is 3.45. The maximum atomic E-state index is 5.62. The van der Waals surface area contributed by atoms with Gasteiger partial charge in [-0.25, -0.2) is 4.99 Å². The first-order valence-corrected chi connectivity index (χ1v) is 4.62. The summed E-state index contributed by atoms with van der Waals surface area (Å²) in [6.45, 7) is 5.47. The highest BCUT2D eigenvalue weighted by Crippen LogP contribution is 1.97. The molecule has 0 saturated carbocycles. The Labute approximate surface area is 83.4 Å². The van der Waals surface area contributed by atoms with Gasteiger partial charge in [-0.2, -0.15) is 0 Å². The van der Waals surface area contributed by atoms with E-state index in [2.05, 4.69) is 29.3 Å². The van der Waals surface area contributed by atoms with Crippen LogP contribution in [0.5, 0.6) is 0 Å². The van der Waals surface area contributed by atoms with Crippen LogP contribution in [0.3, 0.4) is 0 Å². The lowest BCUT2D eigenvalue weighted by atomic mass is 10.2. The average Bonchev–Trinajstić information content (AvgIpc) is 2.63. The molecule has 0 spiro atoms. The Bertz CT molecular complexity index is 279. The number of nitrogens with two attached hydrogens (primary N) is 1. The van der Waals surface area contributed by atoms with Crippen LogP contribution in [0, 0.1) is 5.92 Å². The van der Waals surface area contributed by atoms with Crippen LogP contribution in [-0.2, 0) is 6.54 Å². The van der Waals surface area contributed by atoms with Crippen LogP contribution >= 0.6 is 0 Å². The molecule has 0 atom stereocenters. The SMILES string of the molecule is CC(C)CNC(N)=NCc1ccno1. The minimum atomic E-state index is 0.428. The molecule has 0 aliphatic rings. The van der Waals surface area contributed by atoms with E-state index in [1.807, 2.05) is 0 Å². The molecule has 0 aromatic carbocycles. The van der Waals surface area contributed by atoms with E-state index in [-0.39, 0.29) is 0 Å². The number of hydrogen-bond donors (Lipinski definition) is 2. The molecule has 1 rings (SSSR count). The van der Waals surface area contributed by atoms with Crippen molar-refractivity contribution in [3.05, 3.63) is 18.0 Å². The predicted molar refractivity (Wildman–Crippen MR) is 54.7 cm³/mol. The molecule has 3 N–H and O–H groups in total. The van der Waals surface area contributed by atoms with Crippen molar-refractivity contribution in [2.24, 2.45) is 16.6 Å². The van der Waals surface area contributed by atoms with Gasteiger partial charge in [0.15, 0.2) is 11.7 Å². The summed E-state index contributed by atoms with van der Waals surface area (Å²) < 4.78 is 4.87. The summed E-state index contributed by atoms with van der Waals surface area (Å²) in [6.07, 6.45) is 1.59. The van der Waals surface area contributed by atoms with E-state index in [1.165, 1.54) is 0 Å². The van der Waals surface area contributed by atoms with Crippen molar-refractivity contribution in [1.29, 1.82) is 0 Å². The lowest BCUT2D eigenvalue weighted by molar-refractivity contribution is 0.385. The highest BCUT2D eigenvalue weighted by molar-refractivity contribution is 5.77. The summed E-state index contributed by atoms with van der Waals surface area (Å²) >= 11 is 0. The minimum absolute atomic E-state index is 0.428. The maximum absolute atomic E-state index is 5.62. The molecule has 5 nitrogen and oxygen atoms in total. The summed E-state index contributed by atoms with van der Waals surface area (Å²) in [5.41, 5.74) is 5.62. The number of guanidine groups is 1. The van der Waals surface area contributed by atoms with E-state index in [9.17, 15) is 0 Å². The van der Waals surface area contributed by atoms with Gasteiger partial charge in [0, 0.05) is 12.6 Å². The minimum Gasteiger partial charge on any atom is -0.370 e. The van der Waals surface area contributed by atoms with Crippen molar-refractivity contribution in [3.8, 4) is 0 Å². The van der Waals surface area contributed by atoms with Gasteiger partial charge in [-0.3, -0.25) is 0 Å². The van der Waals surface area contributed by atoms with Gasteiger partial charge in [-0.15, -0.1) is 0 Å². The molecular formula is C9H16N4O. The van der Waals surface area contributed by atoms with Gasteiger partial charge in [-0.05, 0) is 5.92 Å². The second-order valence-electron chi connectivity index (χ2n) is 3.45. The van der Waals surface area contributed by atoms with Crippen LogP contribution in [0.15, 0.2) is 21.8 Å². The monoisotopic (exact) mass is 196 g/mol. The Hall–Kier alpha value is -1.52. The fourth-order valence-corrected chi connectivity index (χ4v) is 0.851. The molecule has 5 heteroatoms. The van der Waals surface area contributed by atoms with Gasteiger partial charge in [0.25, 0.3) is 0 Å². The molecule has 1 aromatic rings. The quantitative estimate of drug-likeness (QED) is 0.550. The standard InChI is InChI=1S/C9H16N4O/c1-7(2)5-11-9(10)12-6-8-3-4-13-14-8/h3-4,7H,5-6H2,1-2H3,(H3,10,11,12). The Morgan fingerprint density at radius 2 is 2.50 bits per heavy atom. The van der Waals surface area contributed by atoms with Crippen molar-refractivity contribution in [3.63, 3.8) is 0 Å². The van der Waals surface area contributed by atoms with Crippen LogP contribution in [0.25, 0.3) is 0 Å². The number of aromatic nitrogens is 1. The summed E-state index contributed by atoms with van der Waals surface area (Å²) in [7, 11) is 0. The Kier molecular flexibility index (Phi) is 3.97. The topological polar surface area (TPSA) is 76.4 Å². The second kappa shape index (κ2) is 5.26. The highest BCUT2D eigenvalue weighted by Gasteiger charge is 1.97. The Morgan fingerprint density at radius 3 is 3.07 bits per heavy atom. The van der Waals surface area contributed by atoms with Crippen LogP contribution in [0.2, 0.25) is 0 Å². The molecule has 0 saturated heterocycles. The Balaban J connectivity index is 2.30. The summed E-state index contributed by atoms with van der Waals surface area (Å²) in [4.78, 5) is 4.09. The van der Waals surface area contributed by atoms with Gasteiger partial charge in [0.05, 0.1) is 6.20 Å². The summed E-state index contributed by atoms with van der Waals surface area (Å²) in [6, 6.07) is 1.76. The van der Waals surface area contributed by atoms with Crippen molar-refractivity contribution >= 4 is 5.96 Å². The van der Waals surface area contributed by atoms with Crippen LogP contribution < -0.4 is 11.1 Å². The predicted octanol–water partition coefficient (Wildman–Crippen LogP) is 0.735. The van der Waals surface area contributed by atoms with Crippen molar-refractivity contribution < 1.29 is 4.52 Å². The third-order valence-electron chi connectivity index (χ3n) is 1.59. The molecule has 1 heterocycles. The molecule has 0 aliphatic heterocycles. The van der Waals surface area contributed by atoms with Crippen LogP contribution in [0.1, 0.15) is 19.6 Å². The highest BCUT2D eigenvalue weighted by atomic mass is 16.5. The first-order valence-electron chi connectivity index (χ1n) is 4.62. The lowest BCUT2D eigenvalue weighted by Gasteiger charge is -2.06. The largest absolute Gasteiger partial charge is 0.370 e. The molecule has 78 valence electrons. The number of nitrogens with zero attached hydrogens (tertiary/aromatic N) is 2. The van der Waals surface area contributed by atoms with E-state index in [0.717, 1.165) is 6.54 Å². The van der Waals surface area contributed by atoms with E-state index in [1.54, 1.807) is 12.3 Å². The molecule has 0 fully saturated rings. The first-order chi connectivity index (χ1) is 6.68. The number of aliphatic imine (C=N–C) groups is 1. The maximum Gasteiger partial charge on any atom is 0.189 e. The fraction of sp³-hybridized carbons (Fsp3) is 0.556. The number of hydrogen-bond acceptors (Lipinski definition) is 3. The van der Waals surface area contributed by atoms with Crippen molar-refractivity contribution in [1.82, 2.24) is 10.5 Å². The lowest BCUT2D eigenvalue weighted by Crippen LogP contribution is -2.34. The number of nitrogens with one attached hydrogen (secondary N) is 1. The van der Waals surface area contributed by atoms with Gasteiger partial charge in [-0.1, -0.05) is 19.0 Å². The average molecular weight is 196 g/mol. The van der Waals surface area contributed by atoms with Crippen molar-refractivity contribution in [2.45, 2.75) is 20.4 Å². The van der Waals surface area contributed by atoms with Crippen LogP contribution in [-0.4, -0.2) is 17.7 Å². The third-order valence-corrected chi connectivity index (χ3v) is 1.59. The van der Waals surface area contributed by atoms with E-state index < -0.39 is 0 Å². The first kappa shape index (κ1) is 10.6. The summed E-state index contributed by atoms with van der Waals surface area (Å²) in [5, 5.41) is 6.58. The zero-order valence-corrected chi connectivity index (χ0v) is 8.53. The van der Waals surface area contributed by atoms with Crippen molar-refractivity contribution in [2.75, 3.05) is 6.54 Å². The zero-order valence-electron chi connectivity index (χ0n) is 8.53. The van der Waals surface area contributed by atoms with Gasteiger partial charge >= 0.3 is 0 Å².